The molecule has 0 bridgehead atoms. The number of anilines is 1. The van der Waals surface area contributed by atoms with Crippen molar-refractivity contribution in [2.45, 2.75) is 38.0 Å². The van der Waals surface area contributed by atoms with Crippen LogP contribution in [-0.4, -0.2) is 34.0 Å². The first kappa shape index (κ1) is 26.6. The topological polar surface area (TPSA) is 75.7 Å². The number of ether oxygens (including phenoxy) is 1. The number of amides is 1. The van der Waals surface area contributed by atoms with Crippen LogP contribution < -0.4 is 14.4 Å². The molecule has 186 valence electrons. The molecule has 0 aliphatic rings. The average molecular weight is 515 g/mol. The molecular weight excluding hydrogens is 484 g/mol. The first-order valence-corrected chi connectivity index (χ1v) is 13.5. The number of hydrogen-bond acceptors (Lipinski definition) is 4. The third-order valence-electron chi connectivity index (χ3n) is 5.36. The highest BCUT2D eigenvalue weighted by molar-refractivity contribution is 7.92. The van der Waals surface area contributed by atoms with E-state index in [0.717, 1.165) is 34.0 Å². The van der Waals surface area contributed by atoms with Gasteiger partial charge in [-0.05, 0) is 79.8 Å². The van der Waals surface area contributed by atoms with Crippen LogP contribution >= 0.6 is 11.6 Å². The van der Waals surface area contributed by atoms with Crippen LogP contribution in [0.5, 0.6) is 5.75 Å². The van der Waals surface area contributed by atoms with Crippen LogP contribution in [0.3, 0.4) is 0 Å². The Morgan fingerprint density at radius 3 is 2.49 bits per heavy atom. The lowest BCUT2D eigenvalue weighted by Gasteiger charge is -2.24. The number of hydrogen-bond donors (Lipinski definition) is 1. The number of nitrogens with one attached hydrogen (secondary N) is 1. The van der Waals surface area contributed by atoms with Gasteiger partial charge in [0.15, 0.2) is 0 Å². The molecule has 0 fully saturated rings. The van der Waals surface area contributed by atoms with E-state index in [-0.39, 0.29) is 17.3 Å². The molecule has 0 unspecified atom stereocenters. The molecule has 6 nitrogen and oxygen atoms in total. The number of para-hydroxylation sites is 1. The number of rotatable bonds is 12. The van der Waals surface area contributed by atoms with Crippen molar-refractivity contribution < 1.29 is 17.9 Å². The molecule has 0 aliphatic heterocycles. The van der Waals surface area contributed by atoms with E-state index < -0.39 is 10.0 Å². The van der Waals surface area contributed by atoms with E-state index in [4.69, 9.17) is 16.3 Å². The van der Waals surface area contributed by atoms with Gasteiger partial charge in [0.05, 0.1) is 17.2 Å². The van der Waals surface area contributed by atoms with E-state index in [1.54, 1.807) is 18.2 Å². The summed E-state index contributed by atoms with van der Waals surface area (Å²) in [6.07, 6.45) is 2.37. The Balaban J connectivity index is 1.67. The van der Waals surface area contributed by atoms with Gasteiger partial charge in [0.2, 0.25) is 5.91 Å². The van der Waals surface area contributed by atoms with Crippen molar-refractivity contribution >= 4 is 33.2 Å². The lowest BCUT2D eigenvalue weighted by Crippen LogP contribution is -2.41. The second kappa shape index (κ2) is 12.6. The van der Waals surface area contributed by atoms with Crippen molar-refractivity contribution in [3.8, 4) is 5.75 Å². The molecule has 0 saturated carbocycles. The highest BCUT2D eigenvalue weighted by atomic mass is 35.5. The zero-order chi connectivity index (χ0) is 25.3. The van der Waals surface area contributed by atoms with Gasteiger partial charge in [0.1, 0.15) is 12.3 Å². The predicted molar refractivity (Wildman–Crippen MR) is 141 cm³/mol. The zero-order valence-corrected chi connectivity index (χ0v) is 21.6. The van der Waals surface area contributed by atoms with Crippen molar-refractivity contribution in [1.82, 2.24) is 5.32 Å². The summed E-state index contributed by atoms with van der Waals surface area (Å²) < 4.78 is 33.8. The van der Waals surface area contributed by atoms with Gasteiger partial charge in [-0.15, -0.1) is 0 Å². The highest BCUT2D eigenvalue weighted by Gasteiger charge is 2.27. The van der Waals surface area contributed by atoms with E-state index >= 15 is 0 Å². The molecule has 1 N–H and O–H groups in total. The fourth-order valence-corrected chi connectivity index (χ4v) is 5.13. The summed E-state index contributed by atoms with van der Waals surface area (Å²) >= 11 is 5.93. The first-order chi connectivity index (χ1) is 16.8. The van der Waals surface area contributed by atoms with Crippen molar-refractivity contribution in [2.24, 2.45) is 0 Å². The maximum absolute atomic E-state index is 13.4. The van der Waals surface area contributed by atoms with Crippen molar-refractivity contribution in [3.05, 3.63) is 88.9 Å². The minimum atomic E-state index is -3.97. The van der Waals surface area contributed by atoms with Crippen LogP contribution in [0, 0.1) is 6.92 Å². The number of halogens is 1. The van der Waals surface area contributed by atoms with Gasteiger partial charge in [-0.2, -0.15) is 0 Å². The molecule has 3 rings (SSSR count). The number of nitrogens with zero attached hydrogens (tertiary/aromatic N) is 1. The molecule has 0 heterocycles. The Morgan fingerprint density at radius 2 is 1.77 bits per heavy atom. The molecule has 1 amide bonds. The molecule has 0 saturated heterocycles. The second-order valence-electron chi connectivity index (χ2n) is 8.21. The lowest BCUT2D eigenvalue weighted by molar-refractivity contribution is -0.119. The normalized spacial score (nSPS) is 11.2. The molecule has 0 atom stereocenters. The Kier molecular flexibility index (Phi) is 9.57. The maximum Gasteiger partial charge on any atom is 0.264 e. The van der Waals surface area contributed by atoms with Crippen molar-refractivity contribution in [1.29, 1.82) is 0 Å². The van der Waals surface area contributed by atoms with E-state index in [1.165, 1.54) is 24.3 Å². The molecular formula is C27H31ClN2O4S. The van der Waals surface area contributed by atoms with Gasteiger partial charge < -0.3 is 10.1 Å². The molecule has 0 spiro atoms. The fraction of sp³-hybridized carbons (Fsp3) is 0.296. The van der Waals surface area contributed by atoms with Gasteiger partial charge in [-0.25, -0.2) is 8.42 Å². The van der Waals surface area contributed by atoms with Gasteiger partial charge in [-0.1, -0.05) is 48.9 Å². The van der Waals surface area contributed by atoms with Crippen LogP contribution in [0.25, 0.3) is 0 Å². The summed E-state index contributed by atoms with van der Waals surface area (Å²) in [6.45, 7) is 4.68. The van der Waals surface area contributed by atoms with Crippen molar-refractivity contribution in [2.75, 3.05) is 24.0 Å². The van der Waals surface area contributed by atoms with E-state index in [0.29, 0.717) is 30.3 Å². The third-order valence-corrected chi connectivity index (χ3v) is 7.40. The van der Waals surface area contributed by atoms with Crippen LogP contribution in [0.2, 0.25) is 5.02 Å². The Labute approximate surface area is 212 Å². The Morgan fingerprint density at radius 1 is 1.03 bits per heavy atom. The molecule has 8 heteroatoms. The third kappa shape index (κ3) is 7.47. The van der Waals surface area contributed by atoms with Gasteiger partial charge in [-0.3, -0.25) is 9.10 Å². The molecule has 0 radical (unpaired) electrons. The number of sulfonamides is 1. The summed E-state index contributed by atoms with van der Waals surface area (Å²) in [4.78, 5) is 12.9. The van der Waals surface area contributed by atoms with Gasteiger partial charge in [0, 0.05) is 11.6 Å². The van der Waals surface area contributed by atoms with E-state index in [2.05, 4.69) is 12.2 Å². The van der Waals surface area contributed by atoms with E-state index in [1.807, 2.05) is 37.3 Å². The Hall–Kier alpha value is -3.03. The maximum atomic E-state index is 13.4. The van der Waals surface area contributed by atoms with Gasteiger partial charge >= 0.3 is 0 Å². The predicted octanol–water partition coefficient (Wildman–Crippen LogP) is 5.38. The highest BCUT2D eigenvalue weighted by Crippen LogP contribution is 2.25. The molecule has 3 aromatic carbocycles. The minimum Gasteiger partial charge on any atom is -0.493 e. The summed E-state index contributed by atoms with van der Waals surface area (Å²) in [5.74, 6) is 0.486. The lowest BCUT2D eigenvalue weighted by atomic mass is 10.1. The summed E-state index contributed by atoms with van der Waals surface area (Å²) in [6, 6.07) is 20.9. The Bertz CT molecular complexity index is 1230. The van der Waals surface area contributed by atoms with E-state index in [9.17, 15) is 13.2 Å². The second-order valence-corrected chi connectivity index (χ2v) is 10.5. The SMILES string of the molecule is CCCOc1ccccc1CCCNC(=O)CN(c1cccc(C)c1)S(=O)(=O)c1ccc(Cl)cc1. The smallest absolute Gasteiger partial charge is 0.264 e. The number of aryl methyl sites for hydroxylation is 2. The van der Waals surface area contributed by atoms with Crippen LogP contribution in [0.4, 0.5) is 5.69 Å². The zero-order valence-electron chi connectivity index (χ0n) is 20.0. The molecule has 0 aromatic heterocycles. The molecule has 35 heavy (non-hydrogen) atoms. The average Bonchev–Trinajstić information content (AvgIpc) is 2.84. The van der Waals surface area contributed by atoms with Crippen LogP contribution in [0.15, 0.2) is 77.7 Å². The summed E-state index contributed by atoms with van der Waals surface area (Å²) in [5.41, 5.74) is 2.40. The van der Waals surface area contributed by atoms with Crippen LogP contribution in [-0.2, 0) is 21.2 Å². The number of carbonyl (C=O) groups is 1. The summed E-state index contributed by atoms with van der Waals surface area (Å²) in [7, 11) is -3.97. The number of carbonyl (C=O) groups excluding carboxylic acids is 1. The fourth-order valence-electron chi connectivity index (χ4n) is 3.59. The first-order valence-electron chi connectivity index (χ1n) is 11.6. The minimum absolute atomic E-state index is 0.0693. The monoisotopic (exact) mass is 514 g/mol. The quantitative estimate of drug-likeness (QED) is 0.329. The number of benzene rings is 3. The molecule has 0 aliphatic carbocycles. The summed E-state index contributed by atoms with van der Waals surface area (Å²) in [5, 5.41) is 3.29. The largest absolute Gasteiger partial charge is 0.493 e. The molecule has 3 aromatic rings. The van der Waals surface area contributed by atoms with Crippen molar-refractivity contribution in [3.63, 3.8) is 0 Å². The van der Waals surface area contributed by atoms with Crippen LogP contribution in [0.1, 0.15) is 30.9 Å². The van der Waals surface area contributed by atoms with Gasteiger partial charge in [0.25, 0.3) is 10.0 Å². The standard InChI is InChI=1S/C27H31ClN2O4S/c1-3-18-34-26-12-5-4-9-22(26)10-7-17-29-27(31)20-30(24-11-6-8-21(2)19-24)35(32,33)25-15-13-23(28)14-16-25/h4-6,8-9,11-16,19H,3,7,10,17-18,20H2,1-2H3,(H,29,31).